The third-order valence-electron chi connectivity index (χ3n) is 1.37. The summed E-state index contributed by atoms with van der Waals surface area (Å²) in [5.41, 5.74) is 0.0790. The largest absolute Gasteiger partial charge is 0.464 e. The van der Waals surface area contributed by atoms with Gasteiger partial charge in [0.25, 0.3) is 5.56 Å². The number of para-hydroxylation sites is 1. The summed E-state index contributed by atoms with van der Waals surface area (Å²) in [5, 5.41) is 7.99. The van der Waals surface area contributed by atoms with Crippen molar-refractivity contribution in [2.75, 3.05) is 6.61 Å². The van der Waals surface area contributed by atoms with Gasteiger partial charge in [0, 0.05) is 0 Å². The van der Waals surface area contributed by atoms with E-state index in [1.54, 1.807) is 12.1 Å². The van der Waals surface area contributed by atoms with Gasteiger partial charge in [-0.25, -0.2) is 0 Å². The highest BCUT2D eigenvalue weighted by Gasteiger charge is 2.19. The highest BCUT2D eigenvalue weighted by molar-refractivity contribution is 6.34. The molecule has 1 atom stereocenters. The van der Waals surface area contributed by atoms with Crippen LogP contribution in [0.2, 0.25) is 0 Å². The third kappa shape index (κ3) is 3.43. The zero-order chi connectivity index (χ0) is 9.68. The van der Waals surface area contributed by atoms with Crippen LogP contribution in [0.3, 0.4) is 0 Å². The Hall–Kier alpha value is -0.440. The van der Waals surface area contributed by atoms with Crippen LogP contribution in [-0.4, -0.2) is 17.1 Å². The fourth-order valence-corrected chi connectivity index (χ4v) is 0.939. The highest BCUT2D eigenvalue weighted by Crippen LogP contribution is 2.22. The van der Waals surface area contributed by atoms with Gasteiger partial charge in [0.1, 0.15) is 11.1 Å². The van der Waals surface area contributed by atoms with Crippen molar-refractivity contribution < 1.29 is 9.84 Å². The molecule has 0 amide bonds. The lowest BCUT2D eigenvalue weighted by atomic mass is 10.3. The molecule has 1 aromatic rings. The molecule has 13 heavy (non-hydrogen) atoms. The number of halogens is 2. The molecule has 0 aliphatic carbocycles. The number of hydrogen-bond acceptors (Lipinski definition) is 2. The van der Waals surface area contributed by atoms with Gasteiger partial charge in [0.15, 0.2) is 0 Å². The first-order valence-electron chi connectivity index (χ1n) is 3.74. The summed E-state index contributed by atoms with van der Waals surface area (Å²) in [5.74, 6) is 0.603. The second-order valence-corrected chi connectivity index (χ2v) is 3.27. The lowest BCUT2D eigenvalue weighted by Gasteiger charge is -2.13. The van der Waals surface area contributed by atoms with Crippen molar-refractivity contribution in [3.8, 4) is 5.75 Å². The molecule has 0 saturated carbocycles. The van der Waals surface area contributed by atoms with Crippen LogP contribution in [0.1, 0.15) is 0 Å². The van der Waals surface area contributed by atoms with Crippen molar-refractivity contribution in [1.82, 2.24) is 0 Å². The quantitative estimate of drug-likeness (QED) is 0.789. The molecule has 71 valence electrons. The minimum Gasteiger partial charge on any atom is -0.464 e. The van der Waals surface area contributed by atoms with E-state index in [0.29, 0.717) is 5.75 Å². The number of aliphatic hydroxyl groups excluding tert-OH is 1. The Morgan fingerprint density at radius 3 is 2.54 bits per heavy atom. The summed E-state index contributed by atoms with van der Waals surface area (Å²) in [4.78, 5) is 0. The van der Waals surface area contributed by atoms with E-state index >= 15 is 0 Å². The summed E-state index contributed by atoms with van der Waals surface area (Å²) in [6.45, 7) is -0.243. The molecule has 2 nitrogen and oxygen atoms in total. The van der Waals surface area contributed by atoms with Crippen molar-refractivity contribution in [3.05, 3.63) is 35.9 Å². The van der Waals surface area contributed by atoms with E-state index in [0.717, 1.165) is 0 Å². The van der Waals surface area contributed by atoms with Gasteiger partial charge < -0.3 is 9.84 Å². The van der Waals surface area contributed by atoms with Crippen molar-refractivity contribution >= 4 is 23.2 Å². The lowest BCUT2D eigenvalue weighted by Crippen LogP contribution is -2.16. The van der Waals surface area contributed by atoms with Gasteiger partial charge in [-0.3, -0.25) is 0 Å². The van der Waals surface area contributed by atoms with E-state index in [4.69, 9.17) is 33.0 Å². The lowest BCUT2D eigenvalue weighted by molar-refractivity contribution is 0.263. The average Bonchev–Trinajstić information content (AvgIpc) is 2.18. The first-order chi connectivity index (χ1) is 6.24. The monoisotopic (exact) mass is 219 g/mol. The van der Waals surface area contributed by atoms with E-state index in [1.165, 1.54) is 0 Å². The minimum atomic E-state index is -0.679. The van der Waals surface area contributed by atoms with Gasteiger partial charge in [-0.2, -0.15) is 0 Å². The predicted molar refractivity (Wildman–Crippen MR) is 52.9 cm³/mol. The topological polar surface area (TPSA) is 29.5 Å². The molecule has 0 spiro atoms. The first kappa shape index (κ1) is 10.6. The molecule has 1 N–H and O–H groups in total. The van der Waals surface area contributed by atoms with Crippen molar-refractivity contribution in [3.63, 3.8) is 0 Å². The average molecular weight is 220 g/mol. The molecule has 1 aromatic carbocycles. The molecule has 1 radical (unpaired) electrons. The SMILES string of the molecule is OCC(Cl)[C](Cl)Oc1ccccc1. The summed E-state index contributed by atoms with van der Waals surface area (Å²) >= 11 is 11.3. The van der Waals surface area contributed by atoms with Crippen LogP contribution < -0.4 is 4.74 Å². The van der Waals surface area contributed by atoms with Crippen LogP contribution >= 0.6 is 23.2 Å². The van der Waals surface area contributed by atoms with Gasteiger partial charge in [-0.1, -0.05) is 29.8 Å². The molecular formula is C9H9Cl2O2. The van der Waals surface area contributed by atoms with E-state index in [9.17, 15) is 0 Å². The van der Waals surface area contributed by atoms with E-state index < -0.39 is 5.38 Å². The maximum absolute atomic E-state index is 8.67. The molecular weight excluding hydrogens is 211 g/mol. The van der Waals surface area contributed by atoms with Gasteiger partial charge in [-0.15, -0.1) is 11.6 Å². The second kappa shape index (κ2) is 5.32. The number of benzene rings is 1. The fourth-order valence-electron chi connectivity index (χ4n) is 0.737. The van der Waals surface area contributed by atoms with Crippen molar-refractivity contribution in [2.24, 2.45) is 0 Å². The van der Waals surface area contributed by atoms with E-state index in [2.05, 4.69) is 0 Å². The smallest absolute Gasteiger partial charge is 0.255 e. The van der Waals surface area contributed by atoms with Gasteiger partial charge in [0.05, 0.1) is 6.61 Å². The fraction of sp³-hybridized carbons (Fsp3) is 0.222. The number of aliphatic hydroxyl groups is 1. The summed E-state index contributed by atoms with van der Waals surface area (Å²) < 4.78 is 5.16. The molecule has 0 saturated heterocycles. The van der Waals surface area contributed by atoms with Crippen LogP contribution in [0.25, 0.3) is 0 Å². The maximum Gasteiger partial charge on any atom is 0.255 e. The second-order valence-electron chi connectivity index (χ2n) is 2.37. The number of ether oxygens (including phenoxy) is 1. The molecule has 0 bridgehead atoms. The Kier molecular flexibility index (Phi) is 4.36. The zero-order valence-corrected chi connectivity index (χ0v) is 8.29. The molecule has 1 unspecified atom stereocenters. The minimum absolute atomic E-state index is 0.0790. The Bertz CT molecular complexity index is 241. The van der Waals surface area contributed by atoms with Gasteiger partial charge in [0.2, 0.25) is 0 Å². The maximum atomic E-state index is 8.67. The molecule has 4 heteroatoms. The third-order valence-corrected chi connectivity index (χ3v) is 2.15. The standard InChI is InChI=1S/C9H9Cl2O2/c10-8(6-12)9(11)13-7-4-2-1-3-5-7/h1-5,8,12H,6H2. The Morgan fingerprint density at radius 1 is 1.38 bits per heavy atom. The first-order valence-corrected chi connectivity index (χ1v) is 4.55. The normalized spacial score (nSPS) is 12.9. The van der Waals surface area contributed by atoms with Crippen LogP contribution in [-0.2, 0) is 0 Å². The van der Waals surface area contributed by atoms with Crippen LogP contribution in [0.15, 0.2) is 30.3 Å². The van der Waals surface area contributed by atoms with Crippen LogP contribution in [0.5, 0.6) is 5.75 Å². The van der Waals surface area contributed by atoms with Gasteiger partial charge in [-0.05, 0) is 12.1 Å². The van der Waals surface area contributed by atoms with E-state index in [1.807, 2.05) is 18.2 Å². The molecule has 0 aliphatic heterocycles. The Labute approximate surface area is 87.0 Å². The Balaban J connectivity index is 2.50. The number of hydrogen-bond donors (Lipinski definition) is 1. The molecule has 0 fully saturated rings. The molecule has 1 rings (SSSR count). The number of rotatable bonds is 4. The summed E-state index contributed by atoms with van der Waals surface area (Å²) in [6, 6.07) is 9.01. The summed E-state index contributed by atoms with van der Waals surface area (Å²) in [6.07, 6.45) is 0. The molecule has 0 heterocycles. The van der Waals surface area contributed by atoms with Crippen LogP contribution in [0, 0.1) is 5.56 Å². The number of alkyl halides is 1. The van der Waals surface area contributed by atoms with Crippen LogP contribution in [0.4, 0.5) is 0 Å². The zero-order valence-electron chi connectivity index (χ0n) is 6.78. The summed E-state index contributed by atoms with van der Waals surface area (Å²) in [7, 11) is 0. The molecule has 0 aromatic heterocycles. The van der Waals surface area contributed by atoms with E-state index in [-0.39, 0.29) is 12.2 Å². The molecule has 0 aliphatic rings. The van der Waals surface area contributed by atoms with Crippen molar-refractivity contribution in [2.45, 2.75) is 5.38 Å². The Morgan fingerprint density at radius 2 is 2.00 bits per heavy atom. The predicted octanol–water partition coefficient (Wildman–Crippen LogP) is 2.39. The van der Waals surface area contributed by atoms with Gasteiger partial charge >= 0.3 is 0 Å². The van der Waals surface area contributed by atoms with Crippen molar-refractivity contribution in [1.29, 1.82) is 0 Å². The highest BCUT2D eigenvalue weighted by atomic mass is 35.5.